The number of nitrogens with two attached hydrogens (primary N) is 1. The van der Waals surface area contributed by atoms with E-state index >= 15 is 0 Å². The van der Waals surface area contributed by atoms with Crippen molar-refractivity contribution in [3.63, 3.8) is 0 Å². The van der Waals surface area contributed by atoms with Gasteiger partial charge in [-0.25, -0.2) is 4.99 Å². The molecule has 1 aromatic rings. The maximum Gasteiger partial charge on any atom is 0.329 e. The van der Waals surface area contributed by atoms with Crippen LogP contribution in [0.2, 0.25) is 10.0 Å². The Hall–Kier alpha value is -1.46. The number of benzene rings is 1. The Kier molecular flexibility index (Phi) is 3.13. The highest BCUT2D eigenvalue weighted by Crippen LogP contribution is 2.36. The van der Waals surface area contributed by atoms with Gasteiger partial charge < -0.3 is 10.6 Å². The lowest BCUT2D eigenvalue weighted by molar-refractivity contribution is -0.172. The van der Waals surface area contributed by atoms with Crippen LogP contribution in [0, 0.1) is 0 Å². The fraction of sp³-hybridized carbons (Fsp3) is 0.200. The maximum atomic E-state index is 10.9. The summed E-state index contributed by atoms with van der Waals surface area (Å²) in [7, 11) is 0. The summed E-state index contributed by atoms with van der Waals surface area (Å²) in [6.07, 6.45) is 0. The topological polar surface area (TPSA) is 67.9 Å². The smallest absolute Gasteiger partial charge is 0.329 e. The second-order valence-electron chi connectivity index (χ2n) is 3.45. The molecule has 2 N–H and O–H groups in total. The van der Waals surface area contributed by atoms with Crippen molar-refractivity contribution < 1.29 is 9.63 Å². The quantitative estimate of drug-likeness (QED) is 0.852. The molecule has 1 aromatic carbocycles. The Morgan fingerprint density at radius 2 is 2.24 bits per heavy atom. The second kappa shape index (κ2) is 4.43. The van der Waals surface area contributed by atoms with Crippen LogP contribution in [0.4, 0.5) is 5.69 Å². The molecule has 7 heteroatoms. The summed E-state index contributed by atoms with van der Waals surface area (Å²) in [5, 5.41) is 1.98. The number of nitrogens with zero attached hydrogens (tertiary/aromatic N) is 2. The lowest BCUT2D eigenvalue weighted by atomic mass is 10.1. The molecule has 0 aliphatic carbocycles. The molecule has 0 unspecified atom stereocenters. The molecule has 0 atom stereocenters. The average Bonchev–Trinajstić information content (AvgIpc) is 2.25. The molecule has 0 bridgehead atoms. The number of fused-ring (bicyclic) bond motifs is 1. The predicted molar refractivity (Wildman–Crippen MR) is 65.1 cm³/mol. The van der Waals surface area contributed by atoms with Gasteiger partial charge in [-0.1, -0.05) is 23.2 Å². The van der Waals surface area contributed by atoms with Crippen LogP contribution in [0.15, 0.2) is 17.1 Å². The fourth-order valence-corrected chi connectivity index (χ4v) is 1.87. The average molecular weight is 274 g/mol. The molecule has 0 saturated heterocycles. The van der Waals surface area contributed by atoms with Crippen LogP contribution in [0.25, 0.3) is 0 Å². The summed E-state index contributed by atoms with van der Waals surface area (Å²) in [6, 6.07) is 3.35. The Labute approximate surface area is 108 Å². The zero-order valence-electron chi connectivity index (χ0n) is 8.91. The summed E-state index contributed by atoms with van der Waals surface area (Å²) < 4.78 is 0. The minimum atomic E-state index is -0.482. The van der Waals surface area contributed by atoms with Gasteiger partial charge in [0.15, 0.2) is 0 Å². The highest BCUT2D eigenvalue weighted by atomic mass is 35.5. The number of hydroxylamine groups is 2. The number of carbonyl (C=O) groups excluding carboxylic acids is 1. The van der Waals surface area contributed by atoms with E-state index in [-0.39, 0.29) is 12.5 Å². The molecule has 0 aromatic heterocycles. The second-order valence-corrected chi connectivity index (χ2v) is 4.23. The molecule has 0 spiro atoms. The van der Waals surface area contributed by atoms with Gasteiger partial charge in [0, 0.05) is 12.5 Å². The van der Waals surface area contributed by atoms with Crippen LogP contribution in [0.5, 0.6) is 0 Å². The SMILES string of the molecule is CC(=O)ON1Cc2c(ccc(Cl)c2Cl)N=C1N. The third-order valence-corrected chi connectivity index (χ3v) is 3.05. The highest BCUT2D eigenvalue weighted by Gasteiger charge is 2.23. The first-order valence-corrected chi connectivity index (χ1v) is 5.51. The van der Waals surface area contributed by atoms with Crippen molar-refractivity contribution in [1.29, 1.82) is 0 Å². The Morgan fingerprint density at radius 1 is 1.53 bits per heavy atom. The third-order valence-electron chi connectivity index (χ3n) is 2.20. The maximum absolute atomic E-state index is 10.9. The molecule has 90 valence electrons. The molecular weight excluding hydrogens is 265 g/mol. The van der Waals surface area contributed by atoms with Crippen molar-refractivity contribution in [3.8, 4) is 0 Å². The van der Waals surface area contributed by atoms with Gasteiger partial charge in [0.05, 0.1) is 22.3 Å². The number of aliphatic imine (C=N–C) groups is 1. The molecule has 0 amide bonds. The largest absolute Gasteiger partial charge is 0.367 e. The minimum absolute atomic E-state index is 0.103. The van der Waals surface area contributed by atoms with E-state index in [0.29, 0.717) is 21.3 Å². The van der Waals surface area contributed by atoms with Gasteiger partial charge in [-0.3, -0.25) is 4.79 Å². The van der Waals surface area contributed by atoms with Crippen molar-refractivity contribution in [3.05, 3.63) is 27.7 Å². The van der Waals surface area contributed by atoms with Crippen molar-refractivity contribution in [2.75, 3.05) is 0 Å². The molecule has 1 aliphatic rings. The van der Waals surface area contributed by atoms with Gasteiger partial charge in [0.25, 0.3) is 0 Å². The zero-order valence-corrected chi connectivity index (χ0v) is 10.4. The van der Waals surface area contributed by atoms with Crippen LogP contribution in [-0.4, -0.2) is 17.0 Å². The van der Waals surface area contributed by atoms with Gasteiger partial charge in [-0.2, -0.15) is 5.06 Å². The molecule has 0 fully saturated rings. The van der Waals surface area contributed by atoms with Crippen LogP contribution in [-0.2, 0) is 16.2 Å². The first kappa shape index (κ1) is 12.0. The normalized spacial score (nSPS) is 14.1. The summed E-state index contributed by atoms with van der Waals surface area (Å²) in [5.74, 6) is -0.379. The molecule has 1 aliphatic heterocycles. The van der Waals surface area contributed by atoms with Gasteiger partial charge in [0.1, 0.15) is 0 Å². The summed E-state index contributed by atoms with van der Waals surface area (Å²) in [6.45, 7) is 1.51. The van der Waals surface area contributed by atoms with E-state index < -0.39 is 5.97 Å². The monoisotopic (exact) mass is 273 g/mol. The number of rotatable bonds is 1. The van der Waals surface area contributed by atoms with Crippen LogP contribution in [0.3, 0.4) is 0 Å². The number of carbonyl (C=O) groups is 1. The van der Waals surface area contributed by atoms with Crippen LogP contribution < -0.4 is 5.73 Å². The van der Waals surface area contributed by atoms with Crippen LogP contribution >= 0.6 is 23.2 Å². The van der Waals surface area contributed by atoms with E-state index in [1.54, 1.807) is 12.1 Å². The molecular formula is C10H9Cl2N3O2. The molecule has 5 nitrogen and oxygen atoms in total. The Morgan fingerprint density at radius 3 is 2.88 bits per heavy atom. The van der Waals surface area contributed by atoms with E-state index in [2.05, 4.69) is 4.99 Å². The lowest BCUT2D eigenvalue weighted by Crippen LogP contribution is -2.39. The predicted octanol–water partition coefficient (Wildman–Crippen LogP) is 2.23. The number of hydrogen-bond acceptors (Lipinski definition) is 5. The Balaban J connectivity index is 2.40. The molecule has 0 radical (unpaired) electrons. The van der Waals surface area contributed by atoms with Crippen LogP contribution in [0.1, 0.15) is 12.5 Å². The summed E-state index contributed by atoms with van der Waals surface area (Å²) >= 11 is 11.9. The van der Waals surface area contributed by atoms with Crippen molar-refractivity contribution >= 4 is 40.8 Å². The molecule has 17 heavy (non-hydrogen) atoms. The van der Waals surface area contributed by atoms with Crippen molar-refractivity contribution in [2.24, 2.45) is 10.7 Å². The van der Waals surface area contributed by atoms with E-state index in [0.717, 1.165) is 0 Å². The van der Waals surface area contributed by atoms with Gasteiger partial charge in [0.2, 0.25) is 5.96 Å². The van der Waals surface area contributed by atoms with E-state index in [9.17, 15) is 4.79 Å². The molecule has 1 heterocycles. The fourth-order valence-electron chi connectivity index (χ4n) is 1.48. The molecule has 0 saturated carbocycles. The van der Waals surface area contributed by atoms with Gasteiger partial charge >= 0.3 is 5.97 Å². The summed E-state index contributed by atoms with van der Waals surface area (Å²) in [4.78, 5) is 19.9. The van der Waals surface area contributed by atoms with Gasteiger partial charge in [-0.05, 0) is 12.1 Å². The van der Waals surface area contributed by atoms with E-state index in [1.165, 1.54) is 12.0 Å². The Bertz CT molecular complexity index is 517. The van der Waals surface area contributed by atoms with E-state index in [1.807, 2.05) is 0 Å². The number of hydrogen-bond donors (Lipinski definition) is 1. The highest BCUT2D eigenvalue weighted by molar-refractivity contribution is 6.42. The standard InChI is InChI=1S/C10H9Cl2N3O2/c1-5(16)17-15-4-6-8(14-10(15)13)3-2-7(11)9(6)12/h2-3H,4H2,1H3,(H2,13,14). The zero-order chi connectivity index (χ0) is 12.6. The number of halogens is 2. The molecule has 2 rings (SSSR count). The first-order valence-electron chi connectivity index (χ1n) is 4.76. The first-order chi connectivity index (χ1) is 7.99. The number of guanidine groups is 1. The lowest BCUT2D eigenvalue weighted by Gasteiger charge is -2.26. The summed E-state index contributed by atoms with van der Waals surface area (Å²) in [5.41, 5.74) is 6.95. The van der Waals surface area contributed by atoms with Crippen molar-refractivity contribution in [2.45, 2.75) is 13.5 Å². The van der Waals surface area contributed by atoms with Crippen molar-refractivity contribution in [1.82, 2.24) is 5.06 Å². The van der Waals surface area contributed by atoms with E-state index in [4.69, 9.17) is 33.8 Å². The minimum Gasteiger partial charge on any atom is -0.367 e. The van der Waals surface area contributed by atoms with Gasteiger partial charge in [-0.15, -0.1) is 0 Å². The third kappa shape index (κ3) is 2.30.